The minimum atomic E-state index is -3.94. The molecule has 0 bridgehead atoms. The van der Waals surface area contributed by atoms with Crippen LogP contribution < -0.4 is 0 Å². The molecule has 0 spiro atoms. The van der Waals surface area contributed by atoms with E-state index in [9.17, 15) is 17.6 Å². The van der Waals surface area contributed by atoms with Crippen LogP contribution in [0.1, 0.15) is 12.8 Å². The number of halogens is 1. The normalized spacial score (nSPS) is 20.3. The lowest BCUT2D eigenvalue weighted by Gasteiger charge is -2.29. The molecule has 22 heavy (non-hydrogen) atoms. The highest BCUT2D eigenvalue weighted by Crippen LogP contribution is 2.30. The first-order chi connectivity index (χ1) is 10.4. The van der Waals surface area contributed by atoms with Crippen molar-refractivity contribution in [3.63, 3.8) is 0 Å². The highest BCUT2D eigenvalue weighted by molar-refractivity contribution is 7.89. The molecule has 1 saturated heterocycles. The molecule has 0 aliphatic carbocycles. The Morgan fingerprint density at radius 3 is 2.91 bits per heavy atom. The van der Waals surface area contributed by atoms with Crippen molar-refractivity contribution < 1.29 is 22.7 Å². The zero-order valence-corrected chi connectivity index (χ0v) is 12.4. The van der Waals surface area contributed by atoms with E-state index < -0.39 is 27.7 Å². The number of carboxylic acid groups (broad SMARTS) is 1. The Hall–Kier alpha value is -1.93. The second-order valence-electron chi connectivity index (χ2n) is 5.36. The Balaban J connectivity index is 2.03. The number of carboxylic acids is 1. The van der Waals surface area contributed by atoms with Gasteiger partial charge in [0.25, 0.3) is 0 Å². The zero-order chi connectivity index (χ0) is 15.9. The van der Waals surface area contributed by atoms with Crippen molar-refractivity contribution in [3.05, 3.63) is 30.2 Å². The van der Waals surface area contributed by atoms with E-state index in [0.29, 0.717) is 18.4 Å². The van der Waals surface area contributed by atoms with Crippen LogP contribution in [0.4, 0.5) is 4.39 Å². The number of fused-ring (bicyclic) bond motifs is 1. The molecule has 0 amide bonds. The Labute approximate surface area is 126 Å². The summed E-state index contributed by atoms with van der Waals surface area (Å²) in [6.07, 6.45) is 2.18. The molecule has 1 fully saturated rings. The number of carbonyl (C=O) groups is 1. The van der Waals surface area contributed by atoms with Gasteiger partial charge in [0.15, 0.2) is 0 Å². The average Bonchev–Trinajstić information content (AvgIpc) is 2.93. The zero-order valence-electron chi connectivity index (χ0n) is 11.6. The molecule has 1 aromatic heterocycles. The van der Waals surface area contributed by atoms with Crippen molar-refractivity contribution in [2.45, 2.75) is 17.7 Å². The van der Waals surface area contributed by atoms with Gasteiger partial charge in [-0.25, -0.2) is 12.8 Å². The summed E-state index contributed by atoms with van der Waals surface area (Å²) in [4.78, 5) is 13.7. The number of aromatic amines is 1. The lowest BCUT2D eigenvalue weighted by Crippen LogP contribution is -2.42. The van der Waals surface area contributed by atoms with E-state index in [-0.39, 0.29) is 23.4 Å². The topological polar surface area (TPSA) is 90.5 Å². The number of H-pyrrole nitrogens is 1. The fourth-order valence-corrected chi connectivity index (χ4v) is 4.51. The number of nitrogens with zero attached hydrogens (tertiary/aromatic N) is 1. The third-order valence-corrected chi connectivity index (χ3v) is 5.86. The van der Waals surface area contributed by atoms with Gasteiger partial charge in [-0.3, -0.25) is 4.79 Å². The maximum atomic E-state index is 14.0. The molecule has 6 nitrogen and oxygen atoms in total. The van der Waals surface area contributed by atoms with Crippen LogP contribution in [0, 0.1) is 11.7 Å². The number of piperidine rings is 1. The van der Waals surface area contributed by atoms with Gasteiger partial charge in [-0.05, 0) is 25.0 Å². The van der Waals surface area contributed by atoms with Crippen LogP contribution in [0.3, 0.4) is 0 Å². The molecular weight excluding hydrogens is 311 g/mol. The first-order valence-electron chi connectivity index (χ1n) is 6.90. The summed E-state index contributed by atoms with van der Waals surface area (Å²) in [5, 5.41) is 9.09. The number of sulfonamides is 1. The number of benzene rings is 1. The van der Waals surface area contributed by atoms with Crippen molar-refractivity contribution in [1.29, 1.82) is 0 Å². The van der Waals surface area contributed by atoms with Gasteiger partial charge < -0.3 is 10.1 Å². The van der Waals surface area contributed by atoms with Gasteiger partial charge in [-0.1, -0.05) is 6.07 Å². The maximum Gasteiger partial charge on any atom is 0.307 e. The number of nitrogens with one attached hydrogen (secondary N) is 1. The molecule has 1 aromatic carbocycles. The van der Waals surface area contributed by atoms with E-state index in [1.54, 1.807) is 6.07 Å². The first-order valence-corrected chi connectivity index (χ1v) is 8.34. The van der Waals surface area contributed by atoms with Gasteiger partial charge >= 0.3 is 5.97 Å². The monoisotopic (exact) mass is 326 g/mol. The standard InChI is InChI=1S/C14H15FN2O4S/c15-10-4-1-5-11-13(10)12(7-16-11)22(20,21)17-6-2-3-9(8-17)14(18)19/h1,4-5,7,9,16H,2-3,6,8H2,(H,18,19). The van der Waals surface area contributed by atoms with E-state index >= 15 is 0 Å². The molecule has 2 heterocycles. The fourth-order valence-electron chi connectivity index (χ4n) is 2.82. The predicted molar refractivity (Wildman–Crippen MR) is 77.4 cm³/mol. The quantitative estimate of drug-likeness (QED) is 0.900. The summed E-state index contributed by atoms with van der Waals surface area (Å²) >= 11 is 0. The summed E-state index contributed by atoms with van der Waals surface area (Å²) in [5.41, 5.74) is 0.394. The molecule has 0 saturated carbocycles. The molecule has 2 N–H and O–H groups in total. The van der Waals surface area contributed by atoms with Crippen LogP contribution in [0.15, 0.2) is 29.3 Å². The van der Waals surface area contributed by atoms with Gasteiger partial charge in [-0.15, -0.1) is 0 Å². The van der Waals surface area contributed by atoms with Crippen molar-refractivity contribution >= 4 is 26.9 Å². The summed E-state index contributed by atoms with van der Waals surface area (Å²) in [5.74, 6) is -2.35. The number of hydrogen-bond donors (Lipinski definition) is 2. The lowest BCUT2D eigenvalue weighted by molar-refractivity contribution is -0.142. The smallest absolute Gasteiger partial charge is 0.307 e. The van der Waals surface area contributed by atoms with Gasteiger partial charge in [0.2, 0.25) is 10.0 Å². The molecule has 2 aromatic rings. The second kappa shape index (κ2) is 5.36. The van der Waals surface area contributed by atoms with Gasteiger partial charge in [0.05, 0.1) is 11.3 Å². The van der Waals surface area contributed by atoms with E-state index in [1.807, 2.05) is 0 Å². The second-order valence-corrected chi connectivity index (χ2v) is 7.26. The Kier molecular flexibility index (Phi) is 3.65. The molecule has 1 atom stereocenters. The Morgan fingerprint density at radius 1 is 1.41 bits per heavy atom. The maximum absolute atomic E-state index is 14.0. The fraction of sp³-hybridized carbons (Fsp3) is 0.357. The molecule has 3 rings (SSSR count). The van der Waals surface area contributed by atoms with Crippen molar-refractivity contribution in [2.24, 2.45) is 5.92 Å². The molecule has 1 unspecified atom stereocenters. The van der Waals surface area contributed by atoms with Crippen molar-refractivity contribution in [3.8, 4) is 0 Å². The van der Waals surface area contributed by atoms with Crippen molar-refractivity contribution in [1.82, 2.24) is 9.29 Å². The third-order valence-electron chi connectivity index (χ3n) is 3.97. The molecular formula is C14H15FN2O4S. The van der Waals surface area contributed by atoms with Gasteiger partial charge in [-0.2, -0.15) is 4.31 Å². The van der Waals surface area contributed by atoms with E-state index in [2.05, 4.69) is 4.98 Å². The SMILES string of the molecule is O=C(O)C1CCCN(S(=O)(=O)c2c[nH]c3cccc(F)c23)C1. The van der Waals surface area contributed by atoms with Crippen LogP contribution >= 0.6 is 0 Å². The molecule has 1 aliphatic heterocycles. The molecule has 118 valence electrons. The Morgan fingerprint density at radius 2 is 2.18 bits per heavy atom. The van der Waals surface area contributed by atoms with Crippen LogP contribution in [0.25, 0.3) is 10.9 Å². The minimum absolute atomic E-state index is 0.0138. The molecule has 0 radical (unpaired) electrons. The summed E-state index contributed by atoms with van der Waals surface area (Å²) in [7, 11) is -3.94. The highest BCUT2D eigenvalue weighted by Gasteiger charge is 2.34. The van der Waals surface area contributed by atoms with E-state index in [1.165, 1.54) is 18.3 Å². The number of aliphatic carboxylic acids is 1. The largest absolute Gasteiger partial charge is 0.481 e. The lowest BCUT2D eigenvalue weighted by atomic mass is 10.0. The van der Waals surface area contributed by atoms with E-state index in [4.69, 9.17) is 5.11 Å². The third kappa shape index (κ3) is 2.38. The summed E-state index contributed by atoms with van der Waals surface area (Å²) in [6.45, 7) is 0.159. The summed E-state index contributed by atoms with van der Waals surface area (Å²) in [6, 6.07) is 4.28. The van der Waals surface area contributed by atoms with Gasteiger partial charge in [0, 0.05) is 24.8 Å². The Bertz CT molecular complexity index is 830. The average molecular weight is 326 g/mol. The number of hydrogen-bond acceptors (Lipinski definition) is 3. The molecule has 8 heteroatoms. The predicted octanol–water partition coefficient (Wildman–Crippen LogP) is 1.79. The minimum Gasteiger partial charge on any atom is -0.481 e. The van der Waals surface area contributed by atoms with Crippen LogP contribution in [0.5, 0.6) is 0 Å². The van der Waals surface area contributed by atoms with Crippen LogP contribution in [0.2, 0.25) is 0 Å². The summed E-state index contributed by atoms with van der Waals surface area (Å²) < 4.78 is 40.6. The van der Waals surface area contributed by atoms with Gasteiger partial charge in [0.1, 0.15) is 10.7 Å². The van der Waals surface area contributed by atoms with Crippen LogP contribution in [-0.4, -0.2) is 41.9 Å². The number of aromatic nitrogens is 1. The molecule has 1 aliphatic rings. The first kappa shape index (κ1) is 15.0. The van der Waals surface area contributed by atoms with Crippen molar-refractivity contribution in [2.75, 3.05) is 13.1 Å². The number of rotatable bonds is 3. The van der Waals surface area contributed by atoms with Crippen LogP contribution in [-0.2, 0) is 14.8 Å². The highest BCUT2D eigenvalue weighted by atomic mass is 32.2. The van der Waals surface area contributed by atoms with E-state index in [0.717, 1.165) is 4.31 Å².